The van der Waals surface area contributed by atoms with Gasteiger partial charge in [0.2, 0.25) is 0 Å². The highest BCUT2D eigenvalue weighted by atomic mass is 16.5. The molecule has 3 amide bonds. The summed E-state index contributed by atoms with van der Waals surface area (Å²) < 4.78 is 5.83. The number of carbonyl (C=O) groups excluding carboxylic acids is 3. The van der Waals surface area contributed by atoms with E-state index in [0.717, 1.165) is 5.56 Å². The van der Waals surface area contributed by atoms with Gasteiger partial charge >= 0.3 is 0 Å². The molecule has 1 atom stereocenters. The van der Waals surface area contributed by atoms with Crippen LogP contribution in [0.4, 0.5) is 5.69 Å². The Labute approximate surface area is 151 Å². The molecule has 0 fully saturated rings. The lowest BCUT2D eigenvalue weighted by atomic mass is 10.0. The molecule has 2 N–H and O–H groups in total. The second-order valence-corrected chi connectivity index (χ2v) is 6.49. The zero-order valence-electron chi connectivity index (χ0n) is 14.8. The largest absolute Gasteiger partial charge is 0.481 e. The molecule has 0 aromatic heterocycles. The van der Waals surface area contributed by atoms with E-state index in [2.05, 4.69) is 24.5 Å². The Morgan fingerprint density at radius 2 is 1.69 bits per heavy atom. The maximum absolute atomic E-state index is 12.4. The fourth-order valence-corrected chi connectivity index (χ4v) is 2.80. The third-order valence-electron chi connectivity index (χ3n) is 4.22. The molecule has 1 aliphatic rings. The summed E-state index contributed by atoms with van der Waals surface area (Å²) in [5.74, 6) is -0.285. The molecule has 134 valence electrons. The third kappa shape index (κ3) is 3.44. The number of anilines is 1. The molecule has 1 aliphatic heterocycles. The third-order valence-corrected chi connectivity index (χ3v) is 4.22. The fraction of sp³-hybridized carbons (Fsp3) is 0.250. The van der Waals surface area contributed by atoms with Gasteiger partial charge in [0.1, 0.15) is 5.75 Å². The van der Waals surface area contributed by atoms with Crippen molar-refractivity contribution in [2.45, 2.75) is 32.8 Å². The number of fused-ring (bicyclic) bond motifs is 1. The van der Waals surface area contributed by atoms with E-state index in [1.807, 2.05) is 24.3 Å². The van der Waals surface area contributed by atoms with Gasteiger partial charge in [-0.05, 0) is 42.7 Å². The van der Waals surface area contributed by atoms with Crippen LogP contribution >= 0.6 is 0 Å². The Hall–Kier alpha value is -3.15. The van der Waals surface area contributed by atoms with Gasteiger partial charge in [-0.2, -0.15) is 0 Å². The van der Waals surface area contributed by atoms with Crippen LogP contribution in [-0.4, -0.2) is 23.8 Å². The van der Waals surface area contributed by atoms with E-state index < -0.39 is 17.9 Å². The summed E-state index contributed by atoms with van der Waals surface area (Å²) in [6, 6.07) is 12.2. The molecular formula is C20H20N2O4. The van der Waals surface area contributed by atoms with E-state index in [-0.39, 0.29) is 17.4 Å². The minimum absolute atomic E-state index is 0.256. The number of amides is 3. The number of para-hydroxylation sites is 1. The Bertz CT molecular complexity index is 889. The number of benzene rings is 2. The molecule has 0 aliphatic carbocycles. The summed E-state index contributed by atoms with van der Waals surface area (Å²) in [7, 11) is 0. The van der Waals surface area contributed by atoms with Gasteiger partial charge in [-0.1, -0.05) is 32.0 Å². The molecule has 3 rings (SSSR count). The van der Waals surface area contributed by atoms with E-state index in [4.69, 9.17) is 4.74 Å². The number of ether oxygens (including phenoxy) is 1. The van der Waals surface area contributed by atoms with Crippen LogP contribution in [0.1, 0.15) is 53.0 Å². The molecule has 0 saturated heterocycles. The van der Waals surface area contributed by atoms with Gasteiger partial charge in [0.05, 0.1) is 11.1 Å². The summed E-state index contributed by atoms with van der Waals surface area (Å²) >= 11 is 0. The van der Waals surface area contributed by atoms with E-state index in [1.165, 1.54) is 12.1 Å². The van der Waals surface area contributed by atoms with Crippen molar-refractivity contribution in [2.75, 3.05) is 5.32 Å². The number of hydrogen-bond acceptors (Lipinski definition) is 4. The highest BCUT2D eigenvalue weighted by molar-refractivity contribution is 6.22. The van der Waals surface area contributed by atoms with Gasteiger partial charge in [-0.3, -0.25) is 19.7 Å². The lowest BCUT2D eigenvalue weighted by Crippen LogP contribution is -2.30. The van der Waals surface area contributed by atoms with Crippen molar-refractivity contribution in [1.29, 1.82) is 0 Å². The van der Waals surface area contributed by atoms with Gasteiger partial charge in [0.15, 0.2) is 6.10 Å². The molecule has 26 heavy (non-hydrogen) atoms. The van der Waals surface area contributed by atoms with Gasteiger partial charge in [-0.25, -0.2) is 0 Å². The number of carbonyl (C=O) groups is 3. The first kappa shape index (κ1) is 17.7. The summed E-state index contributed by atoms with van der Waals surface area (Å²) in [4.78, 5) is 35.7. The smallest absolute Gasteiger partial charge is 0.265 e. The molecule has 0 radical (unpaired) electrons. The summed E-state index contributed by atoms with van der Waals surface area (Å²) in [5, 5.41) is 4.94. The first-order chi connectivity index (χ1) is 12.4. The number of imide groups is 1. The molecule has 6 nitrogen and oxygen atoms in total. The second-order valence-electron chi connectivity index (χ2n) is 6.49. The summed E-state index contributed by atoms with van der Waals surface area (Å²) in [6.07, 6.45) is -0.724. The first-order valence-corrected chi connectivity index (χ1v) is 8.43. The molecule has 0 bridgehead atoms. The summed E-state index contributed by atoms with van der Waals surface area (Å²) in [6.45, 7) is 5.78. The Morgan fingerprint density at radius 1 is 1.00 bits per heavy atom. The van der Waals surface area contributed by atoms with Crippen LogP contribution in [0.25, 0.3) is 0 Å². The predicted octanol–water partition coefficient (Wildman–Crippen LogP) is 3.10. The molecule has 0 saturated carbocycles. The molecule has 1 unspecified atom stereocenters. The van der Waals surface area contributed by atoms with E-state index in [1.54, 1.807) is 13.0 Å². The van der Waals surface area contributed by atoms with Gasteiger partial charge < -0.3 is 10.1 Å². The van der Waals surface area contributed by atoms with Crippen LogP contribution in [0.15, 0.2) is 42.5 Å². The number of rotatable bonds is 5. The van der Waals surface area contributed by atoms with Crippen LogP contribution in [0.3, 0.4) is 0 Å². The molecule has 2 aromatic carbocycles. The Balaban J connectivity index is 1.72. The Morgan fingerprint density at radius 3 is 2.42 bits per heavy atom. The van der Waals surface area contributed by atoms with Crippen molar-refractivity contribution in [3.8, 4) is 5.75 Å². The molecule has 6 heteroatoms. The summed E-state index contributed by atoms with van der Waals surface area (Å²) in [5.41, 5.74) is 2.03. The fourth-order valence-electron chi connectivity index (χ4n) is 2.80. The normalized spacial score (nSPS) is 14.0. The Kier molecular flexibility index (Phi) is 4.75. The van der Waals surface area contributed by atoms with Crippen LogP contribution in [0, 0.1) is 0 Å². The van der Waals surface area contributed by atoms with E-state index in [0.29, 0.717) is 17.0 Å². The second kappa shape index (κ2) is 7.00. The van der Waals surface area contributed by atoms with Crippen molar-refractivity contribution in [1.82, 2.24) is 5.32 Å². The number of hydrogen-bond donors (Lipinski definition) is 2. The minimum Gasteiger partial charge on any atom is -0.481 e. The van der Waals surface area contributed by atoms with Gasteiger partial charge in [0, 0.05) is 5.69 Å². The van der Waals surface area contributed by atoms with Crippen LogP contribution in [0.2, 0.25) is 0 Å². The minimum atomic E-state index is -0.724. The maximum Gasteiger partial charge on any atom is 0.265 e. The highest BCUT2D eigenvalue weighted by Gasteiger charge is 2.27. The topological polar surface area (TPSA) is 84.5 Å². The maximum atomic E-state index is 12.4. The zero-order valence-corrected chi connectivity index (χ0v) is 14.8. The monoisotopic (exact) mass is 352 g/mol. The highest BCUT2D eigenvalue weighted by Crippen LogP contribution is 2.27. The van der Waals surface area contributed by atoms with Crippen LogP contribution < -0.4 is 15.4 Å². The van der Waals surface area contributed by atoms with Crippen molar-refractivity contribution >= 4 is 23.4 Å². The first-order valence-electron chi connectivity index (χ1n) is 8.43. The van der Waals surface area contributed by atoms with Crippen LogP contribution in [-0.2, 0) is 4.79 Å². The standard InChI is InChI=1S/C20H20N2O4/c1-11(2)14-6-4-5-7-17(14)26-12(3)18(23)21-13-8-9-15-16(10-13)20(25)22-19(15)24/h4-12H,1-3H3,(H,21,23)(H,22,24,25). The quantitative estimate of drug-likeness (QED) is 0.810. The van der Waals surface area contributed by atoms with Crippen LogP contribution in [0.5, 0.6) is 5.75 Å². The van der Waals surface area contributed by atoms with Crippen molar-refractivity contribution in [3.63, 3.8) is 0 Å². The zero-order chi connectivity index (χ0) is 18.8. The van der Waals surface area contributed by atoms with Crippen molar-refractivity contribution in [3.05, 3.63) is 59.2 Å². The van der Waals surface area contributed by atoms with E-state index in [9.17, 15) is 14.4 Å². The average Bonchev–Trinajstić information content (AvgIpc) is 2.89. The van der Waals surface area contributed by atoms with E-state index >= 15 is 0 Å². The lowest BCUT2D eigenvalue weighted by Gasteiger charge is -2.18. The van der Waals surface area contributed by atoms with Gasteiger partial charge in [0.25, 0.3) is 17.7 Å². The lowest BCUT2D eigenvalue weighted by molar-refractivity contribution is -0.122. The van der Waals surface area contributed by atoms with Crippen molar-refractivity contribution in [2.24, 2.45) is 0 Å². The molecule has 1 heterocycles. The molecular weight excluding hydrogens is 332 g/mol. The average molecular weight is 352 g/mol. The molecule has 2 aromatic rings. The van der Waals surface area contributed by atoms with Crippen molar-refractivity contribution < 1.29 is 19.1 Å². The molecule has 0 spiro atoms. The predicted molar refractivity (Wildman–Crippen MR) is 97.5 cm³/mol. The SMILES string of the molecule is CC(Oc1ccccc1C(C)C)C(=O)Nc1ccc2c(c1)C(=O)NC2=O. The van der Waals surface area contributed by atoms with Gasteiger partial charge in [-0.15, -0.1) is 0 Å². The number of nitrogens with one attached hydrogen (secondary N) is 2.